The van der Waals surface area contributed by atoms with Crippen LogP contribution in [0.4, 0.5) is 0 Å². The van der Waals surface area contributed by atoms with Crippen LogP contribution >= 0.6 is 0 Å². The summed E-state index contributed by atoms with van der Waals surface area (Å²) in [5.74, 6) is 0.0728. The minimum Gasteiger partial charge on any atom is -0.472 e. The highest BCUT2D eigenvalue weighted by atomic mass is 16.3. The molecule has 2 aromatic heterocycles. The quantitative estimate of drug-likeness (QED) is 0.851. The van der Waals surface area contributed by atoms with Crippen molar-refractivity contribution in [2.75, 3.05) is 20.6 Å². The van der Waals surface area contributed by atoms with Gasteiger partial charge in [0.2, 0.25) is 5.91 Å². The number of carbonyl (C=O) groups excluding carboxylic acids is 1. The van der Waals surface area contributed by atoms with Gasteiger partial charge in [-0.15, -0.1) is 0 Å². The Morgan fingerprint density at radius 2 is 2.29 bits per heavy atom. The minimum absolute atomic E-state index is 0.0759. The number of aromatic nitrogens is 2. The molecule has 0 bridgehead atoms. The molecular weight excluding hydrogens is 268 g/mol. The van der Waals surface area contributed by atoms with Gasteiger partial charge in [-0.25, -0.2) is 0 Å². The van der Waals surface area contributed by atoms with Crippen molar-refractivity contribution < 1.29 is 9.21 Å². The molecule has 1 atom stereocenters. The summed E-state index contributed by atoms with van der Waals surface area (Å²) in [4.78, 5) is 16.3. The van der Waals surface area contributed by atoms with E-state index < -0.39 is 0 Å². The summed E-state index contributed by atoms with van der Waals surface area (Å²) in [5, 5.41) is 4.34. The van der Waals surface area contributed by atoms with Gasteiger partial charge in [-0.2, -0.15) is 5.10 Å². The first-order valence-corrected chi connectivity index (χ1v) is 7.09. The lowest BCUT2D eigenvalue weighted by atomic mass is 10.1. The van der Waals surface area contributed by atoms with Gasteiger partial charge >= 0.3 is 0 Å². The summed E-state index contributed by atoms with van der Waals surface area (Å²) in [6, 6.07) is 3.98. The molecule has 3 heterocycles. The molecule has 0 spiro atoms. The van der Waals surface area contributed by atoms with Gasteiger partial charge in [0, 0.05) is 45.5 Å². The third-order valence-corrected chi connectivity index (χ3v) is 3.84. The molecule has 0 aliphatic carbocycles. The fourth-order valence-corrected chi connectivity index (χ4v) is 2.81. The van der Waals surface area contributed by atoms with Crippen LogP contribution in [0.2, 0.25) is 0 Å². The van der Waals surface area contributed by atoms with Gasteiger partial charge in [-0.3, -0.25) is 14.4 Å². The Morgan fingerprint density at radius 3 is 3.00 bits per heavy atom. The summed E-state index contributed by atoms with van der Waals surface area (Å²) in [7, 11) is 3.61. The van der Waals surface area contributed by atoms with Gasteiger partial charge in [-0.1, -0.05) is 0 Å². The minimum atomic E-state index is -0.0759. The summed E-state index contributed by atoms with van der Waals surface area (Å²) in [6.45, 7) is 2.94. The third kappa shape index (κ3) is 3.00. The van der Waals surface area contributed by atoms with E-state index >= 15 is 0 Å². The van der Waals surface area contributed by atoms with Crippen LogP contribution in [0, 0.1) is 5.92 Å². The van der Waals surface area contributed by atoms with E-state index in [-0.39, 0.29) is 11.8 Å². The molecule has 0 fully saturated rings. The fourth-order valence-electron chi connectivity index (χ4n) is 2.81. The van der Waals surface area contributed by atoms with Gasteiger partial charge in [0.15, 0.2) is 0 Å². The number of nitrogens with zero attached hydrogens (tertiary/aromatic N) is 4. The maximum atomic E-state index is 12.4. The second-order valence-corrected chi connectivity index (χ2v) is 5.74. The molecule has 1 aliphatic rings. The molecule has 0 radical (unpaired) electrons. The fraction of sp³-hybridized carbons (Fsp3) is 0.467. The van der Waals surface area contributed by atoms with E-state index in [4.69, 9.17) is 4.42 Å². The molecule has 0 unspecified atom stereocenters. The van der Waals surface area contributed by atoms with Crippen LogP contribution in [0.5, 0.6) is 0 Å². The van der Waals surface area contributed by atoms with Crippen LogP contribution in [0.25, 0.3) is 0 Å². The number of hydrogen-bond acceptors (Lipinski definition) is 4. The van der Waals surface area contributed by atoms with Gasteiger partial charge in [0.1, 0.15) is 0 Å². The molecule has 6 heteroatoms. The Bertz CT molecular complexity index is 603. The average Bonchev–Trinajstić information content (AvgIpc) is 3.07. The largest absolute Gasteiger partial charge is 0.472 e. The molecule has 0 N–H and O–H groups in total. The molecule has 1 amide bonds. The summed E-state index contributed by atoms with van der Waals surface area (Å²) < 4.78 is 7.08. The molecule has 21 heavy (non-hydrogen) atoms. The molecule has 1 aliphatic heterocycles. The number of furan rings is 1. The Hall–Kier alpha value is -2.08. The lowest BCUT2D eigenvalue weighted by Gasteiger charge is -2.24. The van der Waals surface area contributed by atoms with Crippen molar-refractivity contribution >= 4 is 5.91 Å². The number of fused-ring (bicyclic) bond motifs is 1. The van der Waals surface area contributed by atoms with Crippen LogP contribution in [-0.4, -0.2) is 46.1 Å². The van der Waals surface area contributed by atoms with E-state index in [1.54, 1.807) is 37.7 Å². The van der Waals surface area contributed by atoms with Crippen molar-refractivity contribution in [3.8, 4) is 0 Å². The topological polar surface area (TPSA) is 54.5 Å². The second kappa shape index (κ2) is 5.73. The Balaban J connectivity index is 1.82. The van der Waals surface area contributed by atoms with Gasteiger partial charge in [0.25, 0.3) is 0 Å². The van der Waals surface area contributed by atoms with Crippen LogP contribution in [0.1, 0.15) is 11.3 Å². The van der Waals surface area contributed by atoms with Crippen molar-refractivity contribution in [2.24, 2.45) is 5.92 Å². The smallest absolute Gasteiger partial charge is 0.228 e. The SMILES string of the molecule is CN(C)C(=O)[C@@H]1CN(Cc2ccoc2)Cc2ccnn2C1. The highest BCUT2D eigenvalue weighted by molar-refractivity contribution is 5.78. The number of carbonyl (C=O) groups is 1. The van der Waals surface area contributed by atoms with Crippen molar-refractivity contribution in [1.29, 1.82) is 0 Å². The lowest BCUT2D eigenvalue weighted by molar-refractivity contribution is -0.134. The zero-order chi connectivity index (χ0) is 14.8. The molecule has 6 nitrogen and oxygen atoms in total. The van der Waals surface area contributed by atoms with E-state index in [9.17, 15) is 4.79 Å². The summed E-state index contributed by atoms with van der Waals surface area (Å²) in [5.41, 5.74) is 2.27. The van der Waals surface area contributed by atoms with Gasteiger partial charge in [0.05, 0.1) is 30.7 Å². The molecule has 0 saturated heterocycles. The van der Waals surface area contributed by atoms with Crippen LogP contribution in [-0.2, 0) is 24.4 Å². The first-order valence-electron chi connectivity index (χ1n) is 7.09. The lowest BCUT2D eigenvalue weighted by Crippen LogP contribution is -2.38. The number of hydrogen-bond donors (Lipinski definition) is 0. The van der Waals surface area contributed by atoms with Gasteiger partial charge in [-0.05, 0) is 12.1 Å². The van der Waals surface area contributed by atoms with Crippen molar-refractivity contribution in [1.82, 2.24) is 19.6 Å². The monoisotopic (exact) mass is 288 g/mol. The van der Waals surface area contributed by atoms with E-state index in [0.29, 0.717) is 6.54 Å². The predicted molar refractivity (Wildman–Crippen MR) is 77.2 cm³/mol. The van der Waals surface area contributed by atoms with E-state index in [1.165, 1.54) is 0 Å². The van der Waals surface area contributed by atoms with Crippen molar-refractivity contribution in [3.63, 3.8) is 0 Å². The molecular formula is C15H20N4O2. The first kappa shape index (κ1) is 13.9. The zero-order valence-electron chi connectivity index (χ0n) is 12.4. The first-order chi connectivity index (χ1) is 10.1. The normalized spacial score (nSPS) is 19.0. The van der Waals surface area contributed by atoms with Crippen molar-refractivity contribution in [3.05, 3.63) is 42.1 Å². The highest BCUT2D eigenvalue weighted by Gasteiger charge is 2.28. The zero-order valence-corrected chi connectivity index (χ0v) is 12.4. The van der Waals surface area contributed by atoms with Crippen molar-refractivity contribution in [2.45, 2.75) is 19.6 Å². The van der Waals surface area contributed by atoms with Gasteiger partial charge < -0.3 is 9.32 Å². The van der Waals surface area contributed by atoms with E-state index in [1.807, 2.05) is 16.8 Å². The predicted octanol–water partition coefficient (Wildman–Crippen LogP) is 1.20. The van der Waals surface area contributed by atoms with E-state index in [0.717, 1.165) is 30.9 Å². The summed E-state index contributed by atoms with van der Waals surface area (Å²) >= 11 is 0. The highest BCUT2D eigenvalue weighted by Crippen LogP contribution is 2.19. The molecule has 112 valence electrons. The molecule has 0 aromatic carbocycles. The Labute approximate surface area is 123 Å². The maximum absolute atomic E-state index is 12.4. The standard InChI is InChI=1S/C15H20N4O2/c1-17(2)15(20)13-8-18(7-12-4-6-21-11-12)10-14-3-5-16-19(14)9-13/h3-6,11,13H,7-10H2,1-2H3/t13-/m1/s1. The van der Waals surface area contributed by atoms with E-state index in [2.05, 4.69) is 10.00 Å². The Kier molecular flexibility index (Phi) is 3.79. The number of rotatable bonds is 3. The number of amides is 1. The average molecular weight is 288 g/mol. The Morgan fingerprint density at radius 1 is 1.43 bits per heavy atom. The van der Waals surface area contributed by atoms with Crippen LogP contribution in [0.15, 0.2) is 35.3 Å². The maximum Gasteiger partial charge on any atom is 0.228 e. The molecule has 0 saturated carbocycles. The summed E-state index contributed by atoms with van der Waals surface area (Å²) in [6.07, 6.45) is 5.23. The van der Waals surface area contributed by atoms with Crippen LogP contribution < -0.4 is 0 Å². The molecule has 3 rings (SSSR count). The van der Waals surface area contributed by atoms with Crippen LogP contribution in [0.3, 0.4) is 0 Å². The third-order valence-electron chi connectivity index (χ3n) is 3.84. The second-order valence-electron chi connectivity index (χ2n) is 5.74. The molecule has 2 aromatic rings.